The standard InChI is InChI=1S/C22H33N3O2/c1-22(2,3)16-23-21(27)25-11-5-10-24(12-13-25)20(26)15-17-8-9-18-6-4-7-19(18)14-17/h8-9,14H,4-7,10-13,15-16H2,1-3H3,(H,23,27). The summed E-state index contributed by atoms with van der Waals surface area (Å²) in [4.78, 5) is 28.9. The molecule has 1 heterocycles. The lowest BCUT2D eigenvalue weighted by molar-refractivity contribution is -0.130. The summed E-state index contributed by atoms with van der Waals surface area (Å²) in [5, 5.41) is 3.01. The van der Waals surface area contributed by atoms with Crippen molar-refractivity contribution in [2.45, 2.75) is 52.9 Å². The molecule has 1 aromatic carbocycles. The van der Waals surface area contributed by atoms with Crippen molar-refractivity contribution >= 4 is 11.9 Å². The van der Waals surface area contributed by atoms with E-state index in [4.69, 9.17) is 0 Å². The maximum Gasteiger partial charge on any atom is 0.317 e. The predicted molar refractivity (Wildman–Crippen MR) is 108 cm³/mol. The SMILES string of the molecule is CC(C)(C)CNC(=O)N1CCCN(C(=O)Cc2ccc3c(c2)CCC3)CC1. The van der Waals surface area contributed by atoms with E-state index in [0.717, 1.165) is 24.9 Å². The lowest BCUT2D eigenvalue weighted by Crippen LogP contribution is -2.45. The van der Waals surface area contributed by atoms with E-state index in [0.29, 0.717) is 32.6 Å². The van der Waals surface area contributed by atoms with Crippen molar-refractivity contribution in [3.63, 3.8) is 0 Å². The average molecular weight is 372 g/mol. The molecule has 5 heteroatoms. The Kier molecular flexibility index (Phi) is 6.08. The molecule has 27 heavy (non-hydrogen) atoms. The van der Waals surface area contributed by atoms with Crippen LogP contribution in [-0.2, 0) is 24.1 Å². The maximum absolute atomic E-state index is 12.8. The van der Waals surface area contributed by atoms with Crippen LogP contribution in [-0.4, -0.2) is 54.5 Å². The van der Waals surface area contributed by atoms with Gasteiger partial charge >= 0.3 is 6.03 Å². The van der Waals surface area contributed by atoms with E-state index in [1.54, 1.807) is 0 Å². The van der Waals surface area contributed by atoms with E-state index in [2.05, 4.69) is 44.3 Å². The van der Waals surface area contributed by atoms with Crippen LogP contribution in [0, 0.1) is 5.41 Å². The number of rotatable bonds is 3. The quantitative estimate of drug-likeness (QED) is 0.888. The molecule has 1 saturated heterocycles. The number of carbonyl (C=O) groups is 2. The number of nitrogens with one attached hydrogen (secondary N) is 1. The van der Waals surface area contributed by atoms with Crippen LogP contribution in [0.15, 0.2) is 18.2 Å². The molecule has 0 saturated carbocycles. The molecule has 1 N–H and O–H groups in total. The molecule has 0 aromatic heterocycles. The van der Waals surface area contributed by atoms with Crippen LogP contribution in [0.3, 0.4) is 0 Å². The largest absolute Gasteiger partial charge is 0.341 e. The van der Waals surface area contributed by atoms with E-state index in [1.165, 1.54) is 24.0 Å². The highest BCUT2D eigenvalue weighted by Crippen LogP contribution is 2.23. The summed E-state index contributed by atoms with van der Waals surface area (Å²) in [5.41, 5.74) is 4.04. The van der Waals surface area contributed by atoms with Gasteiger partial charge in [0, 0.05) is 32.7 Å². The Morgan fingerprint density at radius 1 is 0.963 bits per heavy atom. The van der Waals surface area contributed by atoms with Gasteiger partial charge in [0.2, 0.25) is 5.91 Å². The van der Waals surface area contributed by atoms with Crippen molar-refractivity contribution in [1.29, 1.82) is 0 Å². The summed E-state index contributed by atoms with van der Waals surface area (Å²) in [5.74, 6) is 0.171. The first-order valence-electron chi connectivity index (χ1n) is 10.2. The van der Waals surface area contributed by atoms with Crippen LogP contribution in [0.25, 0.3) is 0 Å². The molecule has 0 radical (unpaired) electrons. The molecule has 0 unspecified atom stereocenters. The fourth-order valence-corrected chi connectivity index (χ4v) is 3.84. The van der Waals surface area contributed by atoms with Gasteiger partial charge in [-0.3, -0.25) is 4.79 Å². The average Bonchev–Trinajstić information content (AvgIpc) is 2.93. The van der Waals surface area contributed by atoms with Crippen molar-refractivity contribution in [3.8, 4) is 0 Å². The zero-order chi connectivity index (χ0) is 19.4. The topological polar surface area (TPSA) is 52.7 Å². The molecule has 2 aliphatic rings. The number of aryl methyl sites for hydroxylation is 2. The van der Waals surface area contributed by atoms with Crippen molar-refractivity contribution in [1.82, 2.24) is 15.1 Å². The Hall–Kier alpha value is -2.04. The van der Waals surface area contributed by atoms with E-state index in [1.807, 2.05) is 9.80 Å². The number of hydrogen-bond donors (Lipinski definition) is 1. The Morgan fingerprint density at radius 2 is 1.67 bits per heavy atom. The Labute approximate surface area is 163 Å². The minimum atomic E-state index is -0.0159. The molecule has 1 aliphatic heterocycles. The van der Waals surface area contributed by atoms with Gasteiger partial charge in [-0.05, 0) is 47.8 Å². The summed E-state index contributed by atoms with van der Waals surface area (Å²) in [6.45, 7) is 9.63. The van der Waals surface area contributed by atoms with E-state index >= 15 is 0 Å². The van der Waals surface area contributed by atoms with Crippen LogP contribution in [0.1, 0.15) is 50.3 Å². The van der Waals surface area contributed by atoms with Crippen LogP contribution in [0.2, 0.25) is 0 Å². The van der Waals surface area contributed by atoms with E-state index < -0.39 is 0 Å². The number of fused-ring (bicyclic) bond motifs is 1. The van der Waals surface area contributed by atoms with Gasteiger partial charge < -0.3 is 15.1 Å². The zero-order valence-electron chi connectivity index (χ0n) is 17.0. The summed E-state index contributed by atoms with van der Waals surface area (Å²) < 4.78 is 0. The summed E-state index contributed by atoms with van der Waals surface area (Å²) in [7, 11) is 0. The fourth-order valence-electron chi connectivity index (χ4n) is 3.84. The second-order valence-electron chi connectivity index (χ2n) is 9.07. The van der Waals surface area contributed by atoms with Crippen molar-refractivity contribution in [2.75, 3.05) is 32.7 Å². The number of hydrogen-bond acceptors (Lipinski definition) is 2. The number of benzene rings is 1. The van der Waals surface area contributed by atoms with Crippen LogP contribution in [0.5, 0.6) is 0 Å². The maximum atomic E-state index is 12.8. The third-order valence-corrected chi connectivity index (χ3v) is 5.42. The van der Waals surface area contributed by atoms with Crippen LogP contribution in [0.4, 0.5) is 4.79 Å². The number of nitrogens with zero attached hydrogens (tertiary/aromatic N) is 2. The first kappa shape index (κ1) is 19.7. The number of amides is 3. The highest BCUT2D eigenvalue weighted by Gasteiger charge is 2.23. The first-order chi connectivity index (χ1) is 12.8. The zero-order valence-corrected chi connectivity index (χ0v) is 17.0. The van der Waals surface area contributed by atoms with Gasteiger partial charge in [0.25, 0.3) is 0 Å². The Balaban J connectivity index is 1.51. The third kappa shape index (κ3) is 5.47. The molecule has 5 nitrogen and oxygen atoms in total. The minimum absolute atomic E-state index is 0.0159. The third-order valence-electron chi connectivity index (χ3n) is 5.42. The fraction of sp³-hybridized carbons (Fsp3) is 0.636. The molecule has 3 rings (SSSR count). The van der Waals surface area contributed by atoms with Crippen molar-refractivity contribution in [2.24, 2.45) is 5.41 Å². The first-order valence-corrected chi connectivity index (χ1v) is 10.2. The summed E-state index contributed by atoms with van der Waals surface area (Å²) in [6.07, 6.45) is 4.83. The van der Waals surface area contributed by atoms with Crippen LogP contribution < -0.4 is 5.32 Å². The Bertz CT molecular complexity index is 693. The lowest BCUT2D eigenvalue weighted by Gasteiger charge is -2.25. The van der Waals surface area contributed by atoms with Gasteiger partial charge in [0.1, 0.15) is 0 Å². The molecule has 1 fully saturated rings. The van der Waals surface area contributed by atoms with Gasteiger partial charge in [-0.25, -0.2) is 4.79 Å². The molecule has 0 spiro atoms. The molecule has 0 bridgehead atoms. The molecule has 1 aromatic rings. The molecule has 3 amide bonds. The van der Waals surface area contributed by atoms with E-state index in [9.17, 15) is 9.59 Å². The highest BCUT2D eigenvalue weighted by molar-refractivity contribution is 5.79. The van der Waals surface area contributed by atoms with Gasteiger partial charge in [0.15, 0.2) is 0 Å². The Morgan fingerprint density at radius 3 is 2.44 bits per heavy atom. The highest BCUT2D eigenvalue weighted by atomic mass is 16.2. The monoisotopic (exact) mass is 371 g/mol. The van der Waals surface area contributed by atoms with Gasteiger partial charge in [-0.15, -0.1) is 0 Å². The summed E-state index contributed by atoms with van der Waals surface area (Å²) >= 11 is 0. The minimum Gasteiger partial charge on any atom is -0.341 e. The lowest BCUT2D eigenvalue weighted by atomic mass is 9.97. The number of urea groups is 1. The summed E-state index contributed by atoms with van der Waals surface area (Å²) in [6, 6.07) is 6.49. The molecular formula is C22H33N3O2. The normalized spacial score (nSPS) is 17.4. The van der Waals surface area contributed by atoms with E-state index in [-0.39, 0.29) is 17.4 Å². The van der Waals surface area contributed by atoms with Gasteiger partial charge in [-0.2, -0.15) is 0 Å². The molecular weight excluding hydrogens is 338 g/mol. The second kappa shape index (κ2) is 8.32. The van der Waals surface area contributed by atoms with Crippen molar-refractivity contribution in [3.05, 3.63) is 34.9 Å². The van der Waals surface area contributed by atoms with Crippen molar-refractivity contribution < 1.29 is 9.59 Å². The predicted octanol–water partition coefficient (Wildman–Crippen LogP) is 3.01. The van der Waals surface area contributed by atoms with Gasteiger partial charge in [0.05, 0.1) is 6.42 Å². The number of carbonyl (C=O) groups excluding carboxylic acids is 2. The van der Waals surface area contributed by atoms with Gasteiger partial charge in [-0.1, -0.05) is 39.0 Å². The molecule has 0 atom stereocenters. The molecule has 1 aliphatic carbocycles. The second-order valence-corrected chi connectivity index (χ2v) is 9.07. The van der Waals surface area contributed by atoms with Crippen LogP contribution >= 0.6 is 0 Å². The molecule has 148 valence electrons. The smallest absolute Gasteiger partial charge is 0.317 e.